The van der Waals surface area contributed by atoms with Crippen molar-refractivity contribution in [3.05, 3.63) is 95.2 Å². The molecule has 1 heterocycles. The van der Waals surface area contributed by atoms with Gasteiger partial charge in [-0.3, -0.25) is 19.2 Å². The molecule has 5 heteroatoms. The summed E-state index contributed by atoms with van der Waals surface area (Å²) in [5, 5.41) is 0.616. The molecule has 0 N–H and O–H groups in total. The number of benzene rings is 3. The molecule has 0 spiro atoms. The second kappa shape index (κ2) is 5.58. The number of fused-ring (bicyclic) bond motifs is 2. The molecule has 27 heavy (non-hydrogen) atoms. The molecule has 0 aliphatic carbocycles. The summed E-state index contributed by atoms with van der Waals surface area (Å²) in [4.78, 5) is 49.8. The lowest BCUT2D eigenvalue weighted by atomic mass is 9.87. The van der Waals surface area contributed by atoms with Crippen LogP contribution in [0.5, 0.6) is 0 Å². The topological polar surface area (TPSA) is 73.2 Å². The first-order chi connectivity index (χ1) is 12.7. The predicted octanol–water partition coefficient (Wildman–Crippen LogP) is 2.40. The van der Waals surface area contributed by atoms with Gasteiger partial charge in [-0.25, -0.2) is 4.57 Å². The van der Waals surface area contributed by atoms with Crippen molar-refractivity contribution in [3.63, 3.8) is 0 Å². The third kappa shape index (κ3) is 2.54. The molecule has 3 aromatic carbocycles. The Morgan fingerprint density at radius 3 is 1.48 bits per heavy atom. The Kier molecular flexibility index (Phi) is 3.53. The van der Waals surface area contributed by atoms with Gasteiger partial charge in [0.25, 0.3) is 11.1 Å². The highest BCUT2D eigenvalue weighted by atomic mass is 16.2. The molecule has 5 nitrogen and oxygen atoms in total. The second-order valence-electron chi connectivity index (χ2n) is 7.75. The van der Waals surface area contributed by atoms with E-state index < -0.39 is 11.1 Å². The van der Waals surface area contributed by atoms with Crippen LogP contribution in [-0.2, 0) is 5.41 Å². The minimum absolute atomic E-state index is 0.0483. The van der Waals surface area contributed by atoms with Crippen molar-refractivity contribution < 1.29 is 0 Å². The molecular weight excluding hydrogens is 342 g/mol. The molecule has 0 amide bonds. The Balaban J connectivity index is 2.04. The van der Waals surface area contributed by atoms with Gasteiger partial charge in [-0.15, -0.1) is 0 Å². The molecule has 0 fully saturated rings. The van der Waals surface area contributed by atoms with Crippen molar-refractivity contribution in [3.8, 4) is 5.69 Å². The average Bonchev–Trinajstić information content (AvgIpc) is 2.87. The summed E-state index contributed by atoms with van der Waals surface area (Å²) in [5.41, 5.74) is -0.176. The van der Waals surface area contributed by atoms with E-state index in [0.29, 0.717) is 5.69 Å². The fraction of sp³-hybridized carbons (Fsp3) is 0.182. The maximum Gasteiger partial charge on any atom is 0.266 e. The summed E-state index contributed by atoms with van der Waals surface area (Å²) in [6.45, 7) is 6.24. The van der Waals surface area contributed by atoms with E-state index >= 15 is 0 Å². The van der Waals surface area contributed by atoms with E-state index in [9.17, 15) is 19.2 Å². The van der Waals surface area contributed by atoms with Crippen molar-refractivity contribution in [1.29, 1.82) is 0 Å². The van der Waals surface area contributed by atoms with Crippen LogP contribution in [0, 0.1) is 0 Å². The van der Waals surface area contributed by atoms with Gasteiger partial charge in [0.05, 0.1) is 16.5 Å². The first kappa shape index (κ1) is 17.1. The molecule has 0 saturated carbocycles. The summed E-state index contributed by atoms with van der Waals surface area (Å²) in [6.07, 6.45) is 0. The fourth-order valence-corrected chi connectivity index (χ4v) is 3.37. The first-order valence-electron chi connectivity index (χ1n) is 8.62. The molecule has 134 valence electrons. The lowest BCUT2D eigenvalue weighted by Gasteiger charge is -2.19. The highest BCUT2D eigenvalue weighted by molar-refractivity contribution is 5.98. The smallest absolute Gasteiger partial charge is 0.266 e. The quantitative estimate of drug-likeness (QED) is 0.523. The Morgan fingerprint density at radius 2 is 1.07 bits per heavy atom. The molecule has 0 saturated heterocycles. The summed E-state index contributed by atoms with van der Waals surface area (Å²) < 4.78 is 1.09. The third-order valence-electron chi connectivity index (χ3n) is 4.93. The SMILES string of the molecule is CC(C)(C)c1ccc(-n2c(=O)c3cc4c(=O)ccc(=O)c4cc3c2=O)cc1. The maximum absolute atomic E-state index is 12.9. The molecule has 0 unspecified atom stereocenters. The lowest BCUT2D eigenvalue weighted by Crippen LogP contribution is -2.23. The van der Waals surface area contributed by atoms with Crippen LogP contribution in [0.15, 0.2) is 67.7 Å². The molecule has 0 atom stereocenters. The standard InChI is InChI=1S/C22H17NO4/c1-22(2,3)12-4-6-13(7-5-12)23-20(26)16-10-14-15(11-17(16)21(23)27)19(25)9-8-18(14)24/h4-11H,1-3H3. The van der Waals surface area contributed by atoms with Crippen molar-refractivity contribution in [2.24, 2.45) is 0 Å². The van der Waals surface area contributed by atoms with Crippen LogP contribution in [0.1, 0.15) is 26.3 Å². The van der Waals surface area contributed by atoms with Gasteiger partial charge < -0.3 is 0 Å². The minimum Gasteiger partial charge on any atom is -0.289 e. The van der Waals surface area contributed by atoms with Crippen molar-refractivity contribution in [1.82, 2.24) is 4.57 Å². The van der Waals surface area contributed by atoms with Crippen LogP contribution in [0.4, 0.5) is 0 Å². The highest BCUT2D eigenvalue weighted by Crippen LogP contribution is 2.23. The van der Waals surface area contributed by atoms with Crippen LogP contribution < -0.4 is 22.0 Å². The van der Waals surface area contributed by atoms with Gasteiger partial charge in [-0.2, -0.15) is 0 Å². The van der Waals surface area contributed by atoms with E-state index in [-0.39, 0.29) is 37.8 Å². The van der Waals surface area contributed by atoms with Gasteiger partial charge in [0, 0.05) is 10.8 Å². The van der Waals surface area contributed by atoms with Crippen molar-refractivity contribution in [2.75, 3.05) is 0 Å². The molecule has 0 aliphatic rings. The Morgan fingerprint density at radius 1 is 0.630 bits per heavy atom. The largest absolute Gasteiger partial charge is 0.289 e. The highest BCUT2D eigenvalue weighted by Gasteiger charge is 2.18. The zero-order valence-electron chi connectivity index (χ0n) is 15.2. The number of nitrogens with zero attached hydrogens (tertiary/aromatic N) is 1. The van der Waals surface area contributed by atoms with Gasteiger partial charge in [0.15, 0.2) is 10.9 Å². The molecular formula is C22H17NO4. The maximum atomic E-state index is 12.9. The van der Waals surface area contributed by atoms with E-state index in [1.54, 1.807) is 12.1 Å². The van der Waals surface area contributed by atoms with Gasteiger partial charge in [-0.1, -0.05) is 32.9 Å². The number of rotatable bonds is 1. The van der Waals surface area contributed by atoms with Gasteiger partial charge in [0.2, 0.25) is 0 Å². The van der Waals surface area contributed by atoms with Crippen LogP contribution >= 0.6 is 0 Å². The monoisotopic (exact) mass is 359 g/mol. The normalized spacial score (nSPS) is 12.1. The Hall–Kier alpha value is -3.34. The van der Waals surface area contributed by atoms with Gasteiger partial charge in [0.1, 0.15) is 0 Å². The average molecular weight is 359 g/mol. The zero-order chi connectivity index (χ0) is 19.5. The molecule has 0 radical (unpaired) electrons. The van der Waals surface area contributed by atoms with E-state index in [1.807, 2.05) is 12.1 Å². The van der Waals surface area contributed by atoms with E-state index in [4.69, 9.17) is 0 Å². The van der Waals surface area contributed by atoms with Crippen molar-refractivity contribution in [2.45, 2.75) is 26.2 Å². The Bertz CT molecular complexity index is 1330. The summed E-state index contributed by atoms with van der Waals surface area (Å²) >= 11 is 0. The first-order valence-corrected chi connectivity index (χ1v) is 8.62. The van der Waals surface area contributed by atoms with Crippen LogP contribution in [0.2, 0.25) is 0 Å². The van der Waals surface area contributed by atoms with Crippen LogP contribution in [-0.4, -0.2) is 4.57 Å². The van der Waals surface area contributed by atoms with E-state index in [2.05, 4.69) is 20.8 Å². The van der Waals surface area contributed by atoms with Gasteiger partial charge in [-0.05, 0) is 47.4 Å². The van der Waals surface area contributed by atoms with Gasteiger partial charge >= 0.3 is 0 Å². The molecule has 1 aromatic heterocycles. The number of hydrogen-bond donors (Lipinski definition) is 0. The summed E-state index contributed by atoms with van der Waals surface area (Å²) in [7, 11) is 0. The Labute approximate surface area is 153 Å². The van der Waals surface area contributed by atoms with Crippen LogP contribution in [0.25, 0.3) is 27.2 Å². The predicted molar refractivity (Wildman–Crippen MR) is 107 cm³/mol. The number of hydrogen-bond acceptors (Lipinski definition) is 4. The fourth-order valence-electron chi connectivity index (χ4n) is 3.37. The molecule has 0 aliphatic heterocycles. The van der Waals surface area contributed by atoms with E-state index in [1.165, 1.54) is 24.3 Å². The number of aromatic nitrogens is 1. The minimum atomic E-state index is -0.490. The lowest BCUT2D eigenvalue weighted by molar-refractivity contribution is 0.590. The second-order valence-corrected chi connectivity index (χ2v) is 7.75. The van der Waals surface area contributed by atoms with Crippen LogP contribution in [0.3, 0.4) is 0 Å². The van der Waals surface area contributed by atoms with E-state index in [0.717, 1.165) is 10.1 Å². The molecule has 0 bridgehead atoms. The third-order valence-corrected chi connectivity index (χ3v) is 4.93. The zero-order valence-corrected chi connectivity index (χ0v) is 15.2. The summed E-state index contributed by atoms with van der Waals surface area (Å²) in [5.74, 6) is 0. The molecule has 4 aromatic rings. The summed E-state index contributed by atoms with van der Waals surface area (Å²) in [6, 6.07) is 12.3. The molecule has 4 rings (SSSR count). The van der Waals surface area contributed by atoms with Crippen molar-refractivity contribution >= 4 is 21.5 Å².